The maximum atomic E-state index is 11.3. The first-order valence-electron chi connectivity index (χ1n) is 5.47. The van der Waals surface area contributed by atoms with Crippen molar-refractivity contribution in [3.8, 4) is 17.6 Å². The van der Waals surface area contributed by atoms with Crippen molar-refractivity contribution in [3.63, 3.8) is 0 Å². The second kappa shape index (κ2) is 6.50. The molecular formula is C13H15NO4. The first kappa shape index (κ1) is 13.8. The van der Waals surface area contributed by atoms with Gasteiger partial charge in [0, 0.05) is 6.07 Å². The lowest BCUT2D eigenvalue weighted by Crippen LogP contribution is -2.18. The van der Waals surface area contributed by atoms with Crippen molar-refractivity contribution in [1.29, 1.82) is 5.26 Å². The van der Waals surface area contributed by atoms with Crippen LogP contribution in [-0.4, -0.2) is 25.8 Å². The van der Waals surface area contributed by atoms with Crippen LogP contribution >= 0.6 is 0 Å². The van der Waals surface area contributed by atoms with E-state index in [2.05, 4.69) is 0 Å². The van der Waals surface area contributed by atoms with E-state index in [4.69, 9.17) is 19.5 Å². The Morgan fingerprint density at radius 2 is 2.11 bits per heavy atom. The first-order chi connectivity index (χ1) is 8.56. The van der Waals surface area contributed by atoms with E-state index in [1.807, 2.05) is 6.07 Å². The SMILES string of the molecule is COc1cc(C#N)ccc1OCC(=O)OC(C)C. The van der Waals surface area contributed by atoms with E-state index in [-0.39, 0.29) is 12.7 Å². The minimum Gasteiger partial charge on any atom is -0.493 e. The maximum Gasteiger partial charge on any atom is 0.344 e. The van der Waals surface area contributed by atoms with E-state index >= 15 is 0 Å². The molecule has 0 heterocycles. The van der Waals surface area contributed by atoms with Crippen LogP contribution in [-0.2, 0) is 9.53 Å². The number of hydrogen-bond donors (Lipinski definition) is 0. The fraction of sp³-hybridized carbons (Fsp3) is 0.385. The van der Waals surface area contributed by atoms with Gasteiger partial charge < -0.3 is 14.2 Å². The third kappa shape index (κ3) is 3.98. The molecule has 0 unspecified atom stereocenters. The lowest BCUT2D eigenvalue weighted by Gasteiger charge is -2.11. The van der Waals surface area contributed by atoms with Crippen LogP contribution < -0.4 is 9.47 Å². The van der Waals surface area contributed by atoms with Gasteiger partial charge in [-0.3, -0.25) is 0 Å². The average Bonchev–Trinajstić information content (AvgIpc) is 2.35. The topological polar surface area (TPSA) is 68.5 Å². The van der Waals surface area contributed by atoms with E-state index in [0.717, 1.165) is 0 Å². The molecule has 0 aliphatic rings. The van der Waals surface area contributed by atoms with Gasteiger partial charge in [-0.05, 0) is 26.0 Å². The smallest absolute Gasteiger partial charge is 0.344 e. The minimum atomic E-state index is -0.448. The summed E-state index contributed by atoms with van der Waals surface area (Å²) >= 11 is 0. The van der Waals surface area contributed by atoms with Crippen molar-refractivity contribution < 1.29 is 19.0 Å². The summed E-state index contributed by atoms with van der Waals surface area (Å²) in [6, 6.07) is 6.71. The summed E-state index contributed by atoms with van der Waals surface area (Å²) in [5, 5.41) is 8.75. The monoisotopic (exact) mass is 249 g/mol. The van der Waals surface area contributed by atoms with Crippen LogP contribution in [0.3, 0.4) is 0 Å². The number of carbonyl (C=O) groups excluding carboxylic acids is 1. The van der Waals surface area contributed by atoms with Gasteiger partial charge in [0.2, 0.25) is 0 Å². The van der Waals surface area contributed by atoms with Crippen LogP contribution in [0.25, 0.3) is 0 Å². The lowest BCUT2D eigenvalue weighted by atomic mass is 10.2. The first-order valence-corrected chi connectivity index (χ1v) is 5.47. The summed E-state index contributed by atoms with van der Waals surface area (Å²) in [6.07, 6.45) is -0.177. The van der Waals surface area contributed by atoms with Crippen LogP contribution in [0.1, 0.15) is 19.4 Å². The Labute approximate surface area is 106 Å². The number of carbonyl (C=O) groups is 1. The van der Waals surface area contributed by atoms with Gasteiger partial charge in [0.15, 0.2) is 18.1 Å². The van der Waals surface area contributed by atoms with Gasteiger partial charge in [-0.2, -0.15) is 5.26 Å². The highest BCUT2D eigenvalue weighted by Gasteiger charge is 2.10. The standard InChI is InChI=1S/C13H15NO4/c1-9(2)18-13(15)8-17-11-5-4-10(7-14)6-12(11)16-3/h4-6,9H,8H2,1-3H3. The molecule has 0 aliphatic heterocycles. The number of ether oxygens (including phenoxy) is 3. The number of rotatable bonds is 5. The number of esters is 1. The molecule has 0 amide bonds. The van der Waals surface area contributed by atoms with Gasteiger partial charge in [-0.1, -0.05) is 0 Å². The highest BCUT2D eigenvalue weighted by Crippen LogP contribution is 2.27. The fourth-order valence-electron chi connectivity index (χ4n) is 1.29. The molecule has 0 N–H and O–H groups in total. The number of methoxy groups -OCH3 is 1. The molecule has 0 aliphatic carbocycles. The Bertz CT molecular complexity index is 463. The zero-order valence-electron chi connectivity index (χ0n) is 10.6. The number of hydrogen-bond acceptors (Lipinski definition) is 5. The maximum absolute atomic E-state index is 11.3. The third-order valence-corrected chi connectivity index (χ3v) is 2.01. The van der Waals surface area contributed by atoms with Gasteiger partial charge in [0.1, 0.15) is 0 Å². The predicted octanol–water partition coefficient (Wildman–Crippen LogP) is 1.90. The molecule has 18 heavy (non-hydrogen) atoms. The molecule has 0 radical (unpaired) electrons. The fourth-order valence-corrected chi connectivity index (χ4v) is 1.29. The van der Waals surface area contributed by atoms with E-state index in [1.165, 1.54) is 7.11 Å². The summed E-state index contributed by atoms with van der Waals surface area (Å²) < 4.78 is 15.3. The summed E-state index contributed by atoms with van der Waals surface area (Å²) in [5.41, 5.74) is 0.462. The summed E-state index contributed by atoms with van der Waals surface area (Å²) in [6.45, 7) is 3.33. The molecule has 0 bridgehead atoms. The number of nitrogens with zero attached hydrogens (tertiary/aromatic N) is 1. The van der Waals surface area contributed by atoms with Crippen LogP contribution in [0.15, 0.2) is 18.2 Å². The van der Waals surface area contributed by atoms with Gasteiger partial charge in [0.25, 0.3) is 0 Å². The van der Waals surface area contributed by atoms with Crippen molar-refractivity contribution in [1.82, 2.24) is 0 Å². The van der Waals surface area contributed by atoms with Crippen LogP contribution in [0.5, 0.6) is 11.5 Å². The van der Waals surface area contributed by atoms with Crippen LogP contribution in [0.4, 0.5) is 0 Å². The Morgan fingerprint density at radius 1 is 1.39 bits per heavy atom. The lowest BCUT2D eigenvalue weighted by molar-refractivity contribution is -0.149. The quantitative estimate of drug-likeness (QED) is 0.745. The van der Waals surface area contributed by atoms with Crippen molar-refractivity contribution in [3.05, 3.63) is 23.8 Å². The van der Waals surface area contributed by atoms with E-state index < -0.39 is 5.97 Å². The molecule has 0 saturated carbocycles. The molecule has 0 aromatic heterocycles. The van der Waals surface area contributed by atoms with Crippen molar-refractivity contribution in [2.75, 3.05) is 13.7 Å². The molecule has 1 aromatic carbocycles. The van der Waals surface area contributed by atoms with Crippen molar-refractivity contribution in [2.45, 2.75) is 20.0 Å². The zero-order chi connectivity index (χ0) is 13.5. The van der Waals surface area contributed by atoms with Crippen molar-refractivity contribution in [2.24, 2.45) is 0 Å². The number of nitriles is 1. The van der Waals surface area contributed by atoms with Crippen molar-refractivity contribution >= 4 is 5.97 Å². The normalized spacial score (nSPS) is 9.72. The Kier molecular flexibility index (Phi) is 5.00. The molecular weight excluding hydrogens is 234 g/mol. The van der Waals surface area contributed by atoms with E-state index in [1.54, 1.807) is 32.0 Å². The molecule has 0 saturated heterocycles. The summed E-state index contributed by atoms with van der Waals surface area (Å²) in [7, 11) is 1.47. The van der Waals surface area contributed by atoms with E-state index in [9.17, 15) is 4.79 Å². The molecule has 1 rings (SSSR count). The minimum absolute atomic E-state index is 0.177. The molecule has 0 fully saturated rings. The largest absolute Gasteiger partial charge is 0.493 e. The molecule has 5 nitrogen and oxygen atoms in total. The third-order valence-electron chi connectivity index (χ3n) is 2.01. The summed E-state index contributed by atoms with van der Waals surface area (Å²) in [5.74, 6) is 0.361. The highest BCUT2D eigenvalue weighted by atomic mass is 16.6. The Hall–Kier alpha value is -2.22. The Morgan fingerprint density at radius 3 is 2.67 bits per heavy atom. The predicted molar refractivity (Wildman–Crippen MR) is 64.4 cm³/mol. The molecule has 0 atom stereocenters. The van der Waals surface area contributed by atoms with Crippen LogP contribution in [0.2, 0.25) is 0 Å². The molecule has 0 spiro atoms. The molecule has 5 heteroatoms. The van der Waals surface area contributed by atoms with E-state index in [0.29, 0.717) is 17.1 Å². The van der Waals surface area contributed by atoms with Gasteiger partial charge in [-0.15, -0.1) is 0 Å². The Balaban J connectivity index is 2.68. The average molecular weight is 249 g/mol. The number of benzene rings is 1. The van der Waals surface area contributed by atoms with Gasteiger partial charge in [0.05, 0.1) is 24.8 Å². The van der Waals surface area contributed by atoms with Gasteiger partial charge in [-0.25, -0.2) is 4.79 Å². The summed E-state index contributed by atoms with van der Waals surface area (Å²) in [4.78, 5) is 11.3. The zero-order valence-corrected chi connectivity index (χ0v) is 10.6. The van der Waals surface area contributed by atoms with Crippen LogP contribution in [0, 0.1) is 11.3 Å². The molecule has 96 valence electrons. The second-order valence-electron chi connectivity index (χ2n) is 3.80. The second-order valence-corrected chi connectivity index (χ2v) is 3.80. The highest BCUT2D eigenvalue weighted by molar-refractivity contribution is 5.71. The van der Waals surface area contributed by atoms with Gasteiger partial charge >= 0.3 is 5.97 Å². The molecule has 1 aromatic rings.